The molecule has 4 heteroatoms. The molecule has 3 heterocycles. The first kappa shape index (κ1) is 13.9. The molecule has 0 amide bonds. The molecule has 3 aromatic heterocycles. The van der Waals surface area contributed by atoms with Crippen LogP contribution in [0.5, 0.6) is 0 Å². The van der Waals surface area contributed by atoms with Gasteiger partial charge in [-0.3, -0.25) is 0 Å². The molecule has 0 bridgehead atoms. The molecule has 0 fully saturated rings. The van der Waals surface area contributed by atoms with Crippen molar-refractivity contribution in [3.63, 3.8) is 0 Å². The Morgan fingerprint density at radius 3 is 2.70 bits per heavy atom. The van der Waals surface area contributed by atoms with Crippen molar-refractivity contribution in [2.45, 2.75) is 19.4 Å². The minimum atomic E-state index is 0.862. The lowest BCUT2D eigenvalue weighted by atomic mass is 9.98. The molecule has 0 saturated heterocycles. The zero-order valence-corrected chi connectivity index (χ0v) is 12.9. The summed E-state index contributed by atoms with van der Waals surface area (Å²) in [5, 5.41) is 1.26. The molecular weight excluding hydrogens is 284 g/mol. The third-order valence-electron chi connectivity index (χ3n) is 4.07. The van der Waals surface area contributed by atoms with E-state index >= 15 is 0 Å². The summed E-state index contributed by atoms with van der Waals surface area (Å²) in [7, 11) is 0. The summed E-state index contributed by atoms with van der Waals surface area (Å²) in [6, 6.07) is 14.8. The second-order valence-electron chi connectivity index (χ2n) is 5.88. The maximum Gasteiger partial charge on any atom is 0.106 e. The molecule has 1 aromatic carbocycles. The first-order valence-corrected chi connectivity index (χ1v) is 7.86. The highest BCUT2D eigenvalue weighted by atomic mass is 14.9. The van der Waals surface area contributed by atoms with E-state index in [0.717, 1.165) is 25.2 Å². The lowest BCUT2D eigenvalue weighted by molar-refractivity contribution is 0.638. The number of aromatic nitrogens is 4. The van der Waals surface area contributed by atoms with E-state index in [1.807, 2.05) is 12.4 Å². The van der Waals surface area contributed by atoms with Crippen molar-refractivity contribution in [1.29, 1.82) is 0 Å². The number of benzene rings is 1. The Morgan fingerprint density at radius 2 is 1.91 bits per heavy atom. The van der Waals surface area contributed by atoms with Gasteiger partial charge in [0.1, 0.15) is 5.82 Å². The second kappa shape index (κ2) is 6.16. The van der Waals surface area contributed by atoms with Crippen LogP contribution < -0.4 is 0 Å². The summed E-state index contributed by atoms with van der Waals surface area (Å²) in [5.41, 5.74) is 2.45. The van der Waals surface area contributed by atoms with Crippen molar-refractivity contribution >= 4 is 10.9 Å². The third kappa shape index (κ3) is 3.21. The molecule has 23 heavy (non-hydrogen) atoms. The van der Waals surface area contributed by atoms with Gasteiger partial charge in [-0.1, -0.05) is 18.2 Å². The second-order valence-corrected chi connectivity index (χ2v) is 5.88. The van der Waals surface area contributed by atoms with Crippen LogP contribution in [0.15, 0.2) is 67.3 Å². The number of rotatable bonds is 6. The largest absolute Gasteiger partial charge is 0.358 e. The van der Waals surface area contributed by atoms with Crippen LogP contribution in [0, 0.1) is 5.92 Å². The molecule has 0 saturated carbocycles. The maximum absolute atomic E-state index is 4.37. The normalized spacial score (nSPS) is 11.5. The lowest BCUT2D eigenvalue weighted by Crippen LogP contribution is -2.14. The number of hydrogen-bond acceptors (Lipinski definition) is 1. The fraction of sp³-hybridized carbons (Fsp3) is 0.158. The predicted octanol–water partition coefficient (Wildman–Crippen LogP) is 3.75. The Hall–Kier alpha value is -2.75. The smallest absolute Gasteiger partial charge is 0.106 e. The minimum Gasteiger partial charge on any atom is -0.358 e. The highest BCUT2D eigenvalue weighted by Crippen LogP contribution is 2.21. The van der Waals surface area contributed by atoms with Gasteiger partial charge in [-0.2, -0.15) is 0 Å². The van der Waals surface area contributed by atoms with E-state index < -0.39 is 0 Å². The van der Waals surface area contributed by atoms with Gasteiger partial charge in [0.25, 0.3) is 0 Å². The van der Waals surface area contributed by atoms with Gasteiger partial charge >= 0.3 is 0 Å². The van der Waals surface area contributed by atoms with E-state index in [4.69, 9.17) is 0 Å². The number of fused-ring (bicyclic) bond motifs is 1. The topological polar surface area (TPSA) is 49.4 Å². The monoisotopic (exact) mass is 303 g/mol. The Balaban J connectivity index is 1.56. The molecule has 0 aliphatic carbocycles. The van der Waals surface area contributed by atoms with E-state index in [1.165, 1.54) is 22.5 Å². The van der Waals surface area contributed by atoms with Gasteiger partial charge < -0.3 is 14.5 Å². The van der Waals surface area contributed by atoms with E-state index in [1.54, 1.807) is 0 Å². The van der Waals surface area contributed by atoms with Crippen LogP contribution >= 0.6 is 0 Å². The summed E-state index contributed by atoms with van der Waals surface area (Å²) in [5.74, 6) is 2.44. The average Bonchev–Trinajstić information content (AvgIpc) is 3.27. The maximum atomic E-state index is 4.37. The van der Waals surface area contributed by atoms with Crippen molar-refractivity contribution in [2.75, 3.05) is 0 Å². The number of H-pyrrole nitrogens is 2. The van der Waals surface area contributed by atoms with Gasteiger partial charge in [0.05, 0.1) is 0 Å². The summed E-state index contributed by atoms with van der Waals surface area (Å²) in [6.45, 7) is 0.906. The summed E-state index contributed by atoms with van der Waals surface area (Å²) in [4.78, 5) is 11.1. The predicted molar refractivity (Wildman–Crippen MR) is 92.0 cm³/mol. The van der Waals surface area contributed by atoms with Crippen molar-refractivity contribution < 1.29 is 0 Å². The van der Waals surface area contributed by atoms with Crippen LogP contribution in [-0.2, 0) is 19.4 Å². The molecule has 0 unspecified atom stereocenters. The number of aromatic amines is 2. The molecular formula is C19H19N4. The van der Waals surface area contributed by atoms with Crippen LogP contribution in [0.25, 0.3) is 10.9 Å². The van der Waals surface area contributed by atoms with Gasteiger partial charge in [-0.15, -0.1) is 0 Å². The van der Waals surface area contributed by atoms with Crippen molar-refractivity contribution in [2.24, 2.45) is 0 Å². The number of imidazole rings is 1. The number of nitrogens with one attached hydrogen (secondary N) is 2. The fourth-order valence-electron chi connectivity index (χ4n) is 3.04. The zero-order valence-electron chi connectivity index (χ0n) is 12.9. The molecule has 115 valence electrons. The van der Waals surface area contributed by atoms with Gasteiger partial charge in [0.15, 0.2) is 0 Å². The third-order valence-corrected chi connectivity index (χ3v) is 4.07. The minimum absolute atomic E-state index is 0.862. The van der Waals surface area contributed by atoms with Gasteiger partial charge in [-0.05, 0) is 36.1 Å². The molecule has 0 atom stereocenters. The molecule has 0 spiro atoms. The zero-order chi connectivity index (χ0) is 15.5. The first-order valence-electron chi connectivity index (χ1n) is 7.86. The molecule has 4 nitrogen and oxygen atoms in total. The van der Waals surface area contributed by atoms with Crippen LogP contribution in [-0.4, -0.2) is 19.5 Å². The average molecular weight is 303 g/mol. The number of nitrogens with zero attached hydrogens (tertiary/aromatic N) is 2. The fourth-order valence-corrected chi connectivity index (χ4v) is 3.04. The van der Waals surface area contributed by atoms with E-state index in [0.29, 0.717) is 0 Å². The van der Waals surface area contributed by atoms with Crippen molar-refractivity contribution in [3.05, 3.63) is 84.7 Å². The summed E-state index contributed by atoms with van der Waals surface area (Å²) in [6.07, 6.45) is 9.69. The van der Waals surface area contributed by atoms with E-state index in [-0.39, 0.29) is 0 Å². The first-order chi connectivity index (χ1) is 11.4. The van der Waals surface area contributed by atoms with Crippen molar-refractivity contribution in [1.82, 2.24) is 19.5 Å². The Bertz CT molecular complexity index is 787. The number of hydrogen-bond donors (Lipinski definition) is 2. The summed E-state index contributed by atoms with van der Waals surface area (Å²) < 4.78 is 2.21. The number of para-hydroxylation sites is 1. The molecule has 4 aromatic rings. The van der Waals surface area contributed by atoms with Crippen LogP contribution in [0.1, 0.15) is 11.5 Å². The Kier molecular flexibility index (Phi) is 3.72. The highest BCUT2D eigenvalue weighted by Gasteiger charge is 2.15. The van der Waals surface area contributed by atoms with Gasteiger partial charge in [0, 0.05) is 54.9 Å². The van der Waals surface area contributed by atoms with Crippen LogP contribution in [0.2, 0.25) is 0 Å². The quantitative estimate of drug-likeness (QED) is 0.560. The Morgan fingerprint density at radius 1 is 1.04 bits per heavy atom. The molecule has 4 rings (SSSR count). The Labute approximate surface area is 135 Å². The molecule has 0 aliphatic rings. The molecule has 0 aliphatic heterocycles. The van der Waals surface area contributed by atoms with E-state index in [2.05, 4.69) is 74.4 Å². The van der Waals surface area contributed by atoms with Gasteiger partial charge in [0.2, 0.25) is 0 Å². The lowest BCUT2D eigenvalue weighted by Gasteiger charge is -2.15. The van der Waals surface area contributed by atoms with Crippen LogP contribution in [0.3, 0.4) is 0 Å². The molecule has 1 radical (unpaired) electrons. The standard InChI is InChI=1S/C19H19N4/c1-2-6-18-16(5-1)13-17(22-18)11-15(12-19-20-7-8-21-19)14-23-9-3-4-10-23/h1-10,13,22H,11-12,14H2,(H,20,21). The van der Waals surface area contributed by atoms with Crippen LogP contribution in [0.4, 0.5) is 0 Å². The van der Waals surface area contributed by atoms with Crippen molar-refractivity contribution in [3.8, 4) is 0 Å². The molecule has 2 N–H and O–H groups in total. The van der Waals surface area contributed by atoms with E-state index in [9.17, 15) is 0 Å². The summed E-state index contributed by atoms with van der Waals surface area (Å²) >= 11 is 0. The highest BCUT2D eigenvalue weighted by molar-refractivity contribution is 5.80. The SMILES string of the molecule is c1ccc2[nH]c(C[C](Cc3ncc[nH]3)Cn3cccc3)cc2c1. The van der Waals surface area contributed by atoms with Gasteiger partial charge in [-0.25, -0.2) is 4.98 Å².